The summed E-state index contributed by atoms with van der Waals surface area (Å²) < 4.78 is 0. The number of hydrogen-bond donors (Lipinski definition) is 0. The Morgan fingerprint density at radius 2 is 1.26 bits per heavy atom. The van der Waals surface area contributed by atoms with Gasteiger partial charge in [-0.3, -0.25) is 0 Å². The molecule has 5 rings (SSSR count). The fraction of sp³-hybridized carbons (Fsp3) is 0.0323. The summed E-state index contributed by atoms with van der Waals surface area (Å²) >= 11 is 0. The lowest BCUT2D eigenvalue weighted by Crippen LogP contribution is -1.92. The highest BCUT2D eigenvalue weighted by molar-refractivity contribution is 6.14. The largest absolute Gasteiger partial charge is 0.0906 e. The number of hydrogen-bond acceptors (Lipinski definition) is 0. The molecule has 0 nitrogen and oxygen atoms in total. The molecule has 0 radical (unpaired) electrons. The number of allylic oxidation sites excluding steroid dienone is 2. The van der Waals surface area contributed by atoms with E-state index in [0.29, 0.717) is 0 Å². The maximum absolute atomic E-state index is 4.39. The van der Waals surface area contributed by atoms with Crippen LogP contribution < -0.4 is 0 Å². The molecule has 0 saturated carbocycles. The second-order valence-corrected chi connectivity index (χ2v) is 8.04. The zero-order valence-corrected chi connectivity index (χ0v) is 17.7. The summed E-state index contributed by atoms with van der Waals surface area (Å²) in [4.78, 5) is 0. The average molecular weight is 397 g/mol. The Balaban J connectivity index is 1.64. The van der Waals surface area contributed by atoms with Crippen molar-refractivity contribution >= 4 is 32.7 Å². The van der Waals surface area contributed by atoms with Gasteiger partial charge in [-0.1, -0.05) is 104 Å². The van der Waals surface area contributed by atoms with Gasteiger partial charge >= 0.3 is 0 Å². The maximum atomic E-state index is 4.39. The molecule has 5 aromatic rings. The van der Waals surface area contributed by atoms with Crippen molar-refractivity contribution in [3.8, 4) is 11.1 Å². The van der Waals surface area contributed by atoms with Gasteiger partial charge in [0.25, 0.3) is 0 Å². The summed E-state index contributed by atoms with van der Waals surface area (Å²) in [5.74, 6) is 0. The van der Waals surface area contributed by atoms with Gasteiger partial charge in [-0.25, -0.2) is 0 Å². The fourth-order valence-electron chi connectivity index (χ4n) is 4.42. The Bertz CT molecular complexity index is 1470. The van der Waals surface area contributed by atoms with Crippen LogP contribution in [0.5, 0.6) is 0 Å². The maximum Gasteiger partial charge on any atom is -0.00988 e. The molecule has 0 atom stereocenters. The molecule has 0 bridgehead atoms. The first-order valence-electron chi connectivity index (χ1n) is 10.6. The van der Waals surface area contributed by atoms with Crippen LogP contribution >= 0.6 is 0 Å². The topological polar surface area (TPSA) is 0 Å². The lowest BCUT2D eigenvalue weighted by Gasteiger charge is -2.15. The van der Waals surface area contributed by atoms with E-state index in [-0.39, 0.29) is 0 Å². The predicted octanol–water partition coefficient (Wildman–Crippen LogP) is 8.70. The minimum absolute atomic E-state index is 0.959. The molecule has 5 aromatic carbocycles. The van der Waals surface area contributed by atoms with Crippen molar-refractivity contribution in [1.29, 1.82) is 0 Å². The first kappa shape index (κ1) is 19.1. The van der Waals surface area contributed by atoms with E-state index < -0.39 is 0 Å². The van der Waals surface area contributed by atoms with Crippen LogP contribution in [0.4, 0.5) is 0 Å². The highest BCUT2D eigenvalue weighted by Crippen LogP contribution is 2.37. The molecule has 0 aromatic heterocycles. The van der Waals surface area contributed by atoms with Crippen molar-refractivity contribution in [2.75, 3.05) is 0 Å². The minimum Gasteiger partial charge on any atom is -0.0906 e. The Morgan fingerprint density at radius 3 is 2.06 bits per heavy atom. The first-order chi connectivity index (χ1) is 15.1. The van der Waals surface area contributed by atoms with Crippen LogP contribution in [0.3, 0.4) is 0 Å². The van der Waals surface area contributed by atoms with E-state index in [0.717, 1.165) is 22.3 Å². The summed E-state index contributed by atoms with van der Waals surface area (Å²) in [7, 11) is 0. The van der Waals surface area contributed by atoms with Gasteiger partial charge in [-0.15, -0.1) is 0 Å². The average Bonchev–Trinajstić information content (AvgIpc) is 2.83. The van der Waals surface area contributed by atoms with Crippen molar-refractivity contribution in [3.05, 3.63) is 133 Å². The molecule has 0 fully saturated rings. The smallest absolute Gasteiger partial charge is 0.00988 e. The van der Waals surface area contributed by atoms with Crippen LogP contribution in [-0.4, -0.2) is 0 Å². The lowest BCUT2D eigenvalue weighted by molar-refractivity contribution is 1.43. The van der Waals surface area contributed by atoms with Crippen molar-refractivity contribution in [2.24, 2.45) is 0 Å². The van der Waals surface area contributed by atoms with E-state index in [4.69, 9.17) is 0 Å². The van der Waals surface area contributed by atoms with E-state index >= 15 is 0 Å². The standard InChI is InChI=1S/C31H24/c1-21-11-4-6-15-27(21)23(3)22(2)24-13-10-14-25(19-24)31-20-26-12-5-7-16-28(26)29-17-8-9-18-30(29)31/h4-20H,2-3H2,1H3. The minimum atomic E-state index is 0.959. The molecule has 0 amide bonds. The van der Waals surface area contributed by atoms with Gasteiger partial charge in [0.1, 0.15) is 0 Å². The normalized spacial score (nSPS) is 11.0. The van der Waals surface area contributed by atoms with Gasteiger partial charge in [-0.05, 0) is 79.6 Å². The monoisotopic (exact) mass is 396 g/mol. The van der Waals surface area contributed by atoms with Crippen LogP contribution in [0.1, 0.15) is 16.7 Å². The summed E-state index contributed by atoms with van der Waals surface area (Å²) in [6, 6.07) is 36.6. The molecule has 0 spiro atoms. The van der Waals surface area contributed by atoms with Crippen molar-refractivity contribution in [3.63, 3.8) is 0 Å². The molecule has 0 aliphatic heterocycles. The van der Waals surface area contributed by atoms with Crippen molar-refractivity contribution < 1.29 is 0 Å². The molecule has 0 aliphatic rings. The molecule has 0 heteroatoms. The first-order valence-corrected chi connectivity index (χ1v) is 10.6. The number of aryl methyl sites for hydroxylation is 1. The Hall–Kier alpha value is -3.90. The van der Waals surface area contributed by atoms with Crippen LogP contribution in [-0.2, 0) is 0 Å². The van der Waals surface area contributed by atoms with E-state index in [9.17, 15) is 0 Å². The number of benzene rings is 5. The lowest BCUT2D eigenvalue weighted by atomic mass is 9.89. The van der Waals surface area contributed by atoms with Gasteiger partial charge in [0.2, 0.25) is 0 Å². The summed E-state index contributed by atoms with van der Waals surface area (Å²) in [6.45, 7) is 10.9. The summed E-state index contributed by atoms with van der Waals surface area (Å²) in [5.41, 5.74) is 7.82. The second kappa shape index (κ2) is 7.74. The molecule has 0 saturated heterocycles. The summed E-state index contributed by atoms with van der Waals surface area (Å²) in [5, 5.41) is 5.09. The predicted molar refractivity (Wildman–Crippen MR) is 136 cm³/mol. The zero-order chi connectivity index (χ0) is 21.4. The Morgan fingerprint density at radius 1 is 0.581 bits per heavy atom. The number of fused-ring (bicyclic) bond motifs is 3. The van der Waals surface area contributed by atoms with Crippen LogP contribution in [0, 0.1) is 6.92 Å². The van der Waals surface area contributed by atoms with Gasteiger partial charge in [0, 0.05) is 0 Å². The van der Waals surface area contributed by atoms with Crippen LogP contribution in [0.2, 0.25) is 0 Å². The SMILES string of the molecule is C=C(C(=C)c1ccccc1C)c1cccc(-c2cc3ccccc3c3ccccc23)c1. The van der Waals surface area contributed by atoms with E-state index in [1.807, 2.05) is 0 Å². The number of rotatable bonds is 4. The molecule has 0 aliphatic carbocycles. The molecule has 148 valence electrons. The van der Waals surface area contributed by atoms with Crippen molar-refractivity contribution in [1.82, 2.24) is 0 Å². The Kier molecular flexibility index (Phi) is 4.76. The highest BCUT2D eigenvalue weighted by atomic mass is 14.2. The molecule has 31 heavy (non-hydrogen) atoms. The van der Waals surface area contributed by atoms with E-state index in [1.54, 1.807) is 0 Å². The van der Waals surface area contributed by atoms with Gasteiger partial charge in [-0.2, -0.15) is 0 Å². The molecule has 0 N–H and O–H groups in total. The molecule has 0 unspecified atom stereocenters. The van der Waals surface area contributed by atoms with E-state index in [1.165, 1.54) is 38.2 Å². The van der Waals surface area contributed by atoms with Gasteiger partial charge in [0.05, 0.1) is 0 Å². The Labute approximate surface area is 183 Å². The van der Waals surface area contributed by atoms with E-state index in [2.05, 4.69) is 123 Å². The van der Waals surface area contributed by atoms with Crippen LogP contribution in [0.25, 0.3) is 43.8 Å². The molecular weight excluding hydrogens is 372 g/mol. The molecular formula is C31H24. The third-order valence-electron chi connectivity index (χ3n) is 6.12. The highest BCUT2D eigenvalue weighted by Gasteiger charge is 2.12. The van der Waals surface area contributed by atoms with Gasteiger partial charge in [0.15, 0.2) is 0 Å². The summed E-state index contributed by atoms with van der Waals surface area (Å²) in [6.07, 6.45) is 0. The van der Waals surface area contributed by atoms with Gasteiger partial charge < -0.3 is 0 Å². The van der Waals surface area contributed by atoms with Crippen LogP contribution in [0.15, 0.2) is 116 Å². The second-order valence-electron chi connectivity index (χ2n) is 8.04. The quantitative estimate of drug-likeness (QED) is 0.210. The third-order valence-corrected chi connectivity index (χ3v) is 6.12. The third kappa shape index (κ3) is 3.37. The molecule has 0 heterocycles. The zero-order valence-electron chi connectivity index (χ0n) is 17.7. The fourth-order valence-corrected chi connectivity index (χ4v) is 4.42. The van der Waals surface area contributed by atoms with Crippen molar-refractivity contribution in [2.45, 2.75) is 6.92 Å².